The fourth-order valence-electron chi connectivity index (χ4n) is 6.32. The van der Waals surface area contributed by atoms with E-state index in [0.717, 1.165) is 37.7 Å². The topological polar surface area (TPSA) is 88.1 Å². The molecule has 0 N–H and O–H groups in total. The summed E-state index contributed by atoms with van der Waals surface area (Å²) in [5.41, 5.74) is 1.11. The first kappa shape index (κ1) is 29.6. The number of hydrogen-bond donors (Lipinski definition) is 0. The summed E-state index contributed by atoms with van der Waals surface area (Å²) < 4.78 is 23.2. The van der Waals surface area contributed by atoms with E-state index in [9.17, 15) is 14.4 Å². The van der Waals surface area contributed by atoms with Crippen molar-refractivity contribution in [1.82, 2.24) is 0 Å². The van der Waals surface area contributed by atoms with Crippen LogP contribution in [0.2, 0.25) is 0 Å². The molecule has 1 aliphatic heterocycles. The van der Waals surface area contributed by atoms with E-state index in [4.69, 9.17) is 18.9 Å². The van der Waals surface area contributed by atoms with Gasteiger partial charge in [0.2, 0.25) is 0 Å². The maximum absolute atomic E-state index is 13.1. The van der Waals surface area contributed by atoms with Crippen LogP contribution in [0.4, 0.5) is 0 Å². The molecule has 0 radical (unpaired) electrons. The molecule has 37 heavy (non-hydrogen) atoms. The van der Waals surface area contributed by atoms with Crippen molar-refractivity contribution in [1.29, 1.82) is 0 Å². The smallest absolute Gasteiger partial charge is 0.308 e. The number of carbonyl (C=O) groups is 3. The number of ether oxygens (including phenoxy) is 4. The fraction of sp³-hybridized carbons (Fsp3) is 0.767. The third kappa shape index (κ3) is 7.53. The van der Waals surface area contributed by atoms with E-state index in [1.54, 1.807) is 0 Å². The maximum Gasteiger partial charge on any atom is 0.308 e. The molecule has 8 atom stereocenters. The third-order valence-electron chi connectivity index (χ3n) is 8.36. The van der Waals surface area contributed by atoms with Gasteiger partial charge in [-0.2, -0.15) is 0 Å². The molecule has 0 aromatic rings. The van der Waals surface area contributed by atoms with Gasteiger partial charge in [-0.15, -0.1) is 0 Å². The Morgan fingerprint density at radius 2 is 1.89 bits per heavy atom. The lowest BCUT2D eigenvalue weighted by Gasteiger charge is -2.46. The van der Waals surface area contributed by atoms with Crippen molar-refractivity contribution in [2.75, 3.05) is 7.11 Å². The summed E-state index contributed by atoms with van der Waals surface area (Å²) in [7, 11) is 1.38. The number of esters is 2. The van der Waals surface area contributed by atoms with Gasteiger partial charge >= 0.3 is 11.9 Å². The van der Waals surface area contributed by atoms with Crippen molar-refractivity contribution < 1.29 is 33.3 Å². The largest absolute Gasteiger partial charge is 0.469 e. The van der Waals surface area contributed by atoms with Gasteiger partial charge in [-0.3, -0.25) is 14.4 Å². The molecule has 1 heterocycles. The fourth-order valence-corrected chi connectivity index (χ4v) is 6.32. The van der Waals surface area contributed by atoms with Gasteiger partial charge in [-0.25, -0.2) is 0 Å². The molecule has 0 amide bonds. The van der Waals surface area contributed by atoms with Crippen molar-refractivity contribution in [3.8, 4) is 0 Å². The van der Waals surface area contributed by atoms with Gasteiger partial charge in [0.15, 0.2) is 11.6 Å². The number of carbonyl (C=O) groups excluding carboxylic acids is 3. The highest BCUT2D eigenvalue weighted by Gasteiger charge is 2.47. The van der Waals surface area contributed by atoms with Crippen molar-refractivity contribution >= 4 is 17.7 Å². The van der Waals surface area contributed by atoms with Crippen molar-refractivity contribution in [2.24, 2.45) is 29.6 Å². The summed E-state index contributed by atoms with van der Waals surface area (Å²) in [5, 5.41) is 0. The molecule has 2 aliphatic carbocycles. The van der Waals surface area contributed by atoms with Gasteiger partial charge < -0.3 is 18.9 Å². The van der Waals surface area contributed by atoms with Gasteiger partial charge in [0.25, 0.3) is 0 Å². The van der Waals surface area contributed by atoms with Gasteiger partial charge in [0.1, 0.15) is 6.10 Å². The van der Waals surface area contributed by atoms with Crippen LogP contribution in [0.25, 0.3) is 0 Å². The summed E-state index contributed by atoms with van der Waals surface area (Å²) in [4.78, 5) is 37.8. The van der Waals surface area contributed by atoms with E-state index in [1.807, 2.05) is 53.7 Å². The second-order valence-electron chi connectivity index (χ2n) is 11.6. The Hall–Kier alpha value is -1.99. The molecule has 3 rings (SSSR count). The van der Waals surface area contributed by atoms with E-state index in [1.165, 1.54) is 7.11 Å². The Morgan fingerprint density at radius 3 is 2.54 bits per heavy atom. The van der Waals surface area contributed by atoms with Gasteiger partial charge in [0.05, 0.1) is 31.7 Å². The van der Waals surface area contributed by atoms with Crippen molar-refractivity contribution in [2.45, 2.75) is 111 Å². The average Bonchev–Trinajstić information content (AvgIpc) is 2.83. The van der Waals surface area contributed by atoms with Crippen LogP contribution in [-0.2, 0) is 33.3 Å². The second-order valence-corrected chi connectivity index (χ2v) is 11.6. The lowest BCUT2D eigenvalue weighted by Crippen LogP contribution is -2.47. The Bertz CT molecular complexity index is 888. The molecule has 0 aromatic heterocycles. The van der Waals surface area contributed by atoms with E-state index in [2.05, 4.69) is 6.08 Å². The number of fused-ring (bicyclic) bond motifs is 1. The molecular formula is C30H46O7. The van der Waals surface area contributed by atoms with Gasteiger partial charge in [-0.05, 0) is 70.8 Å². The Kier molecular flexibility index (Phi) is 10.2. The zero-order chi connectivity index (χ0) is 27.3. The highest BCUT2D eigenvalue weighted by molar-refractivity contribution is 5.93. The Labute approximate surface area is 222 Å². The molecular weight excluding hydrogens is 472 g/mol. The quantitative estimate of drug-likeness (QED) is 0.292. The first-order valence-electron chi connectivity index (χ1n) is 14.0. The summed E-state index contributed by atoms with van der Waals surface area (Å²) >= 11 is 0. The molecule has 3 aliphatic rings. The van der Waals surface area contributed by atoms with Crippen LogP contribution in [0, 0.1) is 29.6 Å². The molecule has 7 nitrogen and oxygen atoms in total. The standard InChI is InChI=1S/C30H46O7/c1-8-10-20-13-21-15-25(31)19(4)24(28(21)26(14-20)35-29(33)18(3)9-2)12-11-22-16-23(17-27(32)34-7)37-30(5,6)36-22/h8,10,15,18-20,22-24,26,28H,9,11-14,16-17H2,1-7H3/b10-8+/t18-,19+,20-,22+,23+,24-,26-,28-/m0/s1. The average molecular weight is 519 g/mol. The molecule has 0 spiro atoms. The van der Waals surface area contributed by atoms with E-state index in [-0.39, 0.29) is 72.0 Å². The molecule has 0 aromatic carbocycles. The van der Waals surface area contributed by atoms with Gasteiger partial charge in [-0.1, -0.05) is 38.5 Å². The molecule has 1 saturated heterocycles. The van der Waals surface area contributed by atoms with Crippen LogP contribution >= 0.6 is 0 Å². The van der Waals surface area contributed by atoms with E-state index < -0.39 is 5.79 Å². The minimum Gasteiger partial charge on any atom is -0.469 e. The number of hydrogen-bond acceptors (Lipinski definition) is 7. The zero-order valence-corrected chi connectivity index (χ0v) is 23.7. The lowest BCUT2D eigenvalue weighted by atomic mass is 9.62. The third-order valence-corrected chi connectivity index (χ3v) is 8.36. The number of allylic oxidation sites excluding steroid dienone is 3. The highest BCUT2D eigenvalue weighted by atomic mass is 16.7. The molecule has 1 saturated carbocycles. The van der Waals surface area contributed by atoms with Crippen LogP contribution < -0.4 is 0 Å². The first-order chi connectivity index (χ1) is 17.5. The van der Waals surface area contributed by atoms with Crippen LogP contribution in [0.1, 0.15) is 86.5 Å². The minimum absolute atomic E-state index is 0.0286. The highest BCUT2D eigenvalue weighted by Crippen LogP contribution is 2.48. The second kappa shape index (κ2) is 12.7. The van der Waals surface area contributed by atoms with Gasteiger partial charge in [0, 0.05) is 18.3 Å². The van der Waals surface area contributed by atoms with Crippen LogP contribution in [0.3, 0.4) is 0 Å². The molecule has 208 valence electrons. The SMILES string of the molecule is C/C=C/[C@H]1CC2=CC(=O)[C@H](C)[C@H](CC[C@@H]3C[C@H](CC(=O)OC)OC(C)(C)O3)[C@H]2[C@@H](OC(=O)[C@@H](C)CC)C1. The van der Waals surface area contributed by atoms with E-state index in [0.29, 0.717) is 6.42 Å². The number of methoxy groups -OCH3 is 1. The minimum atomic E-state index is -0.806. The van der Waals surface area contributed by atoms with E-state index >= 15 is 0 Å². The lowest BCUT2D eigenvalue weighted by molar-refractivity contribution is -0.301. The van der Waals surface area contributed by atoms with Crippen LogP contribution in [-0.4, -0.2) is 48.9 Å². The summed E-state index contributed by atoms with van der Waals surface area (Å²) in [5.74, 6) is -1.08. The summed E-state index contributed by atoms with van der Waals surface area (Å²) in [6.07, 6.45) is 10.0. The monoisotopic (exact) mass is 518 g/mol. The molecule has 0 bridgehead atoms. The number of rotatable bonds is 9. The molecule has 7 heteroatoms. The Balaban J connectivity index is 1.80. The molecule has 2 fully saturated rings. The van der Waals surface area contributed by atoms with Crippen LogP contribution in [0.5, 0.6) is 0 Å². The van der Waals surface area contributed by atoms with Crippen LogP contribution in [0.15, 0.2) is 23.8 Å². The predicted octanol–water partition coefficient (Wildman–Crippen LogP) is 5.56. The summed E-state index contributed by atoms with van der Waals surface area (Å²) in [6.45, 7) is 11.6. The predicted molar refractivity (Wildman–Crippen MR) is 140 cm³/mol. The maximum atomic E-state index is 13.1. The molecule has 0 unspecified atom stereocenters. The normalized spacial score (nSPS) is 34.4. The Morgan fingerprint density at radius 1 is 1.19 bits per heavy atom. The summed E-state index contributed by atoms with van der Waals surface area (Å²) in [6, 6.07) is 0. The van der Waals surface area contributed by atoms with Crippen molar-refractivity contribution in [3.63, 3.8) is 0 Å². The van der Waals surface area contributed by atoms with Crippen molar-refractivity contribution in [3.05, 3.63) is 23.8 Å². The number of ketones is 1. The zero-order valence-electron chi connectivity index (χ0n) is 23.7. The first-order valence-corrected chi connectivity index (χ1v) is 14.0.